The summed E-state index contributed by atoms with van der Waals surface area (Å²) in [6.07, 6.45) is 9.04. The van der Waals surface area contributed by atoms with E-state index in [4.69, 9.17) is 16.6 Å². The van der Waals surface area contributed by atoms with Gasteiger partial charge in [-0.15, -0.1) is 0 Å². The van der Waals surface area contributed by atoms with E-state index in [2.05, 4.69) is 62.3 Å². The Hall–Kier alpha value is -3.74. The van der Waals surface area contributed by atoms with Crippen molar-refractivity contribution in [2.75, 3.05) is 18.0 Å². The van der Waals surface area contributed by atoms with Crippen molar-refractivity contribution in [1.29, 1.82) is 0 Å². The van der Waals surface area contributed by atoms with Gasteiger partial charge in [0.05, 0.1) is 11.7 Å². The van der Waals surface area contributed by atoms with Crippen molar-refractivity contribution < 1.29 is 0 Å². The van der Waals surface area contributed by atoms with Crippen molar-refractivity contribution in [1.82, 2.24) is 24.6 Å². The molecule has 3 saturated heterocycles. The van der Waals surface area contributed by atoms with Crippen LogP contribution >= 0.6 is 11.6 Å². The third kappa shape index (κ3) is 4.16. The summed E-state index contributed by atoms with van der Waals surface area (Å²) in [6, 6.07) is 22.2. The zero-order chi connectivity index (χ0) is 24.9. The number of aryl methyl sites for hydroxylation is 1. The lowest BCUT2D eigenvalue weighted by molar-refractivity contribution is -0.00867. The molecule has 2 bridgehead atoms. The Morgan fingerprint density at radius 1 is 0.892 bits per heavy atom. The van der Waals surface area contributed by atoms with E-state index in [1.807, 2.05) is 54.7 Å². The van der Waals surface area contributed by atoms with Crippen molar-refractivity contribution in [3.8, 4) is 22.3 Å². The molecule has 37 heavy (non-hydrogen) atoms. The van der Waals surface area contributed by atoms with E-state index in [1.54, 1.807) is 0 Å². The highest BCUT2D eigenvalue weighted by Crippen LogP contribution is 2.37. The number of benzene rings is 2. The number of hydrogen-bond acceptors (Lipinski definition) is 5. The summed E-state index contributed by atoms with van der Waals surface area (Å²) in [7, 11) is 1.94. The van der Waals surface area contributed by atoms with Crippen LogP contribution < -0.4 is 4.90 Å². The predicted octanol–water partition coefficient (Wildman–Crippen LogP) is 5.81. The molecular formula is C30H27ClN6. The fourth-order valence-electron chi connectivity index (χ4n) is 5.87. The average molecular weight is 507 g/mol. The lowest BCUT2D eigenvalue weighted by Gasteiger charge is -2.56. The molecule has 0 amide bonds. The maximum atomic E-state index is 6.20. The number of nitrogens with zero attached hydrogens (tertiary/aromatic N) is 6. The van der Waals surface area contributed by atoms with E-state index in [0.717, 1.165) is 63.6 Å². The standard InChI is InChI=1S/C30H27ClN6/c1-35-17-23(15-34-35)22-11-28(27-6-3-9-32-29(27)12-22)21-7-8-30(33-14-21)36-18-25-13-26(19-36)37(25)16-20-4-2-5-24(31)10-20/h2-12,14-15,17,25-26H,13,16,18-19H2,1H3. The predicted molar refractivity (Wildman–Crippen MR) is 149 cm³/mol. The molecule has 6 heterocycles. The van der Waals surface area contributed by atoms with E-state index in [-0.39, 0.29) is 0 Å². The molecule has 0 spiro atoms. The molecule has 0 aliphatic carbocycles. The van der Waals surface area contributed by atoms with Crippen molar-refractivity contribution in [2.45, 2.75) is 25.0 Å². The number of halogens is 1. The maximum absolute atomic E-state index is 6.20. The second-order valence-electron chi connectivity index (χ2n) is 10.2. The molecule has 3 aliphatic rings. The molecule has 0 saturated carbocycles. The van der Waals surface area contributed by atoms with E-state index < -0.39 is 0 Å². The summed E-state index contributed by atoms with van der Waals surface area (Å²) in [4.78, 5) is 14.6. The minimum Gasteiger partial charge on any atom is -0.353 e. The average Bonchev–Trinajstić information content (AvgIpc) is 3.37. The van der Waals surface area contributed by atoms with Gasteiger partial charge in [-0.2, -0.15) is 5.10 Å². The molecule has 0 N–H and O–H groups in total. The Bertz CT molecular complexity index is 1580. The molecule has 3 aromatic heterocycles. The van der Waals surface area contributed by atoms with Crippen LogP contribution in [0.3, 0.4) is 0 Å². The minimum absolute atomic E-state index is 0.561. The van der Waals surface area contributed by atoms with Gasteiger partial charge in [0, 0.05) is 78.9 Å². The van der Waals surface area contributed by atoms with Crippen LogP contribution in [0.15, 0.2) is 85.5 Å². The van der Waals surface area contributed by atoms with Crippen molar-refractivity contribution in [3.05, 3.63) is 96.0 Å². The third-order valence-electron chi connectivity index (χ3n) is 7.74. The fourth-order valence-corrected chi connectivity index (χ4v) is 6.08. The normalized spacial score (nSPS) is 19.2. The Balaban J connectivity index is 1.13. The second-order valence-corrected chi connectivity index (χ2v) is 10.6. The molecule has 2 unspecified atom stereocenters. The third-order valence-corrected chi connectivity index (χ3v) is 7.98. The molecule has 3 aliphatic heterocycles. The van der Waals surface area contributed by atoms with Gasteiger partial charge in [-0.05, 0) is 65.6 Å². The summed E-state index contributed by atoms with van der Waals surface area (Å²) in [6.45, 7) is 2.98. The first-order chi connectivity index (χ1) is 18.1. The molecule has 0 radical (unpaired) electrons. The molecule has 5 aromatic rings. The number of piperidine rings is 1. The number of piperazine rings is 1. The van der Waals surface area contributed by atoms with Gasteiger partial charge in [0.1, 0.15) is 5.82 Å². The number of anilines is 1. The first-order valence-corrected chi connectivity index (χ1v) is 13.1. The first kappa shape index (κ1) is 22.5. The number of aromatic nitrogens is 4. The number of pyridine rings is 2. The van der Waals surface area contributed by atoms with E-state index in [1.165, 1.54) is 12.0 Å². The smallest absolute Gasteiger partial charge is 0.128 e. The number of fused-ring (bicyclic) bond motifs is 3. The van der Waals surface area contributed by atoms with Crippen molar-refractivity contribution in [3.63, 3.8) is 0 Å². The Kier molecular flexibility index (Phi) is 5.45. The summed E-state index contributed by atoms with van der Waals surface area (Å²) in [5.74, 6) is 1.05. The summed E-state index contributed by atoms with van der Waals surface area (Å²) in [5, 5.41) is 6.28. The molecular weight excluding hydrogens is 480 g/mol. The van der Waals surface area contributed by atoms with E-state index >= 15 is 0 Å². The largest absolute Gasteiger partial charge is 0.353 e. The second kappa shape index (κ2) is 8.98. The number of hydrogen-bond donors (Lipinski definition) is 0. The van der Waals surface area contributed by atoms with Gasteiger partial charge in [-0.3, -0.25) is 14.6 Å². The quantitative estimate of drug-likeness (QED) is 0.301. The van der Waals surface area contributed by atoms with Crippen LogP contribution in [0.2, 0.25) is 5.02 Å². The van der Waals surface area contributed by atoms with Crippen molar-refractivity contribution >= 4 is 28.3 Å². The Morgan fingerprint density at radius 2 is 1.78 bits per heavy atom. The summed E-state index contributed by atoms with van der Waals surface area (Å²) >= 11 is 6.20. The first-order valence-electron chi connectivity index (χ1n) is 12.7. The molecule has 3 fully saturated rings. The van der Waals surface area contributed by atoms with Gasteiger partial charge in [-0.25, -0.2) is 4.98 Å². The highest BCUT2D eigenvalue weighted by Gasteiger charge is 2.44. The molecule has 2 atom stereocenters. The molecule has 8 rings (SSSR count). The lowest BCUT2D eigenvalue weighted by Crippen LogP contribution is -2.68. The molecule has 6 nitrogen and oxygen atoms in total. The van der Waals surface area contributed by atoms with Gasteiger partial charge in [0.25, 0.3) is 0 Å². The van der Waals surface area contributed by atoms with Gasteiger partial charge < -0.3 is 4.90 Å². The molecule has 7 heteroatoms. The van der Waals surface area contributed by atoms with Crippen molar-refractivity contribution in [2.24, 2.45) is 7.05 Å². The lowest BCUT2D eigenvalue weighted by atomic mass is 9.86. The zero-order valence-electron chi connectivity index (χ0n) is 20.6. The van der Waals surface area contributed by atoms with Crippen LogP contribution in [0.1, 0.15) is 12.0 Å². The topological polar surface area (TPSA) is 50.1 Å². The minimum atomic E-state index is 0.561. The van der Waals surface area contributed by atoms with Crippen LogP contribution in [-0.4, -0.2) is 49.8 Å². The monoisotopic (exact) mass is 506 g/mol. The summed E-state index contributed by atoms with van der Waals surface area (Å²) in [5.41, 5.74) is 6.67. The SMILES string of the molecule is Cn1cc(-c2cc(-c3ccc(N4CC5CC(C4)N5Cc4cccc(Cl)c4)nc3)c3cccnc3c2)cn1. The van der Waals surface area contributed by atoms with Gasteiger partial charge in [0.2, 0.25) is 0 Å². The van der Waals surface area contributed by atoms with E-state index in [0.29, 0.717) is 12.1 Å². The fraction of sp³-hybridized carbons (Fsp3) is 0.233. The van der Waals surface area contributed by atoms with Crippen LogP contribution in [0.4, 0.5) is 5.82 Å². The van der Waals surface area contributed by atoms with Crippen LogP contribution in [0.25, 0.3) is 33.2 Å². The Labute approximate surface area is 221 Å². The summed E-state index contributed by atoms with van der Waals surface area (Å²) < 4.78 is 1.83. The zero-order valence-corrected chi connectivity index (χ0v) is 21.4. The highest BCUT2D eigenvalue weighted by atomic mass is 35.5. The van der Waals surface area contributed by atoms with Crippen LogP contribution in [-0.2, 0) is 13.6 Å². The van der Waals surface area contributed by atoms with Crippen LogP contribution in [0, 0.1) is 0 Å². The van der Waals surface area contributed by atoms with Gasteiger partial charge in [-0.1, -0.05) is 29.8 Å². The maximum Gasteiger partial charge on any atom is 0.128 e. The van der Waals surface area contributed by atoms with Crippen LogP contribution in [0.5, 0.6) is 0 Å². The number of rotatable bonds is 5. The van der Waals surface area contributed by atoms with Gasteiger partial charge >= 0.3 is 0 Å². The van der Waals surface area contributed by atoms with Gasteiger partial charge in [0.15, 0.2) is 0 Å². The molecule has 184 valence electrons. The Morgan fingerprint density at radius 3 is 2.54 bits per heavy atom. The van der Waals surface area contributed by atoms with E-state index in [9.17, 15) is 0 Å². The highest BCUT2D eigenvalue weighted by molar-refractivity contribution is 6.30. The molecule has 2 aromatic carbocycles.